The van der Waals surface area contributed by atoms with E-state index in [9.17, 15) is 23.8 Å². The number of halogens is 2. The van der Waals surface area contributed by atoms with Gasteiger partial charge in [-0.2, -0.15) is 0 Å². The first-order chi connectivity index (χ1) is 8.32. The highest BCUT2D eigenvalue weighted by Crippen LogP contribution is 2.27. The van der Waals surface area contributed by atoms with E-state index < -0.39 is 35.3 Å². The molecule has 0 spiro atoms. The van der Waals surface area contributed by atoms with Gasteiger partial charge in [-0.15, -0.1) is 0 Å². The summed E-state index contributed by atoms with van der Waals surface area (Å²) in [4.78, 5) is 10.6. The molecule has 0 heterocycles. The Morgan fingerprint density at radius 2 is 2.06 bits per heavy atom. The fourth-order valence-corrected chi connectivity index (χ4v) is 1.47. The number of aliphatic hydroxyl groups excluding tert-OH is 2. The van der Waals surface area contributed by atoms with Crippen LogP contribution in [0, 0.1) is 11.6 Å². The van der Waals surface area contributed by atoms with Crippen LogP contribution in [-0.2, 0) is 4.79 Å². The molecule has 0 saturated heterocycles. The molecule has 1 amide bonds. The third-order valence-electron chi connectivity index (χ3n) is 2.35. The molecule has 0 saturated carbocycles. The third kappa shape index (κ3) is 3.38. The number of rotatable bonds is 4. The van der Waals surface area contributed by atoms with Gasteiger partial charge in [-0.1, -0.05) is 0 Å². The van der Waals surface area contributed by atoms with Crippen LogP contribution in [0.2, 0.25) is 0 Å². The summed E-state index contributed by atoms with van der Waals surface area (Å²) in [7, 11) is 0. The van der Waals surface area contributed by atoms with Gasteiger partial charge in [0.05, 0.1) is 0 Å². The summed E-state index contributed by atoms with van der Waals surface area (Å²) in [6.07, 6.45) is -3.10. The normalized spacial score (nSPS) is 14.1. The summed E-state index contributed by atoms with van der Waals surface area (Å²) in [5.74, 6) is -2.34. The fourth-order valence-electron chi connectivity index (χ4n) is 1.47. The van der Waals surface area contributed by atoms with E-state index in [1.165, 1.54) is 6.92 Å². The van der Waals surface area contributed by atoms with Crippen LogP contribution < -0.4 is 11.1 Å². The fraction of sp³-hybridized carbons (Fsp3) is 0.364. The monoisotopic (exact) mass is 260 g/mol. The molecular formula is C11H14F2N2O3. The van der Waals surface area contributed by atoms with Crippen LogP contribution >= 0.6 is 0 Å². The molecule has 2 atom stereocenters. The Morgan fingerprint density at radius 3 is 2.56 bits per heavy atom. The lowest BCUT2D eigenvalue weighted by molar-refractivity contribution is -0.119. The van der Waals surface area contributed by atoms with E-state index in [1.807, 2.05) is 0 Å². The molecule has 18 heavy (non-hydrogen) atoms. The van der Waals surface area contributed by atoms with Gasteiger partial charge in [-0.3, -0.25) is 4.79 Å². The number of hydrogen-bond donors (Lipinski definition) is 4. The number of hydrogen-bond acceptors (Lipinski definition) is 4. The molecule has 0 bridgehead atoms. The standard InChI is InChI=1S/C11H14F2N2O3/c1-5(16)15-4-9(17)11(18)10-7(13)2-6(12)3-8(10)14/h2-3,9,11,17-18H,4,14H2,1H3,(H,15,16). The number of carbonyl (C=O) groups excluding carboxylic acids is 1. The van der Waals surface area contributed by atoms with Crippen LogP contribution in [0.5, 0.6) is 0 Å². The van der Waals surface area contributed by atoms with Gasteiger partial charge >= 0.3 is 0 Å². The predicted octanol–water partition coefficient (Wildman–Crippen LogP) is 0.0774. The van der Waals surface area contributed by atoms with Crippen LogP contribution in [0.15, 0.2) is 12.1 Å². The second-order valence-corrected chi connectivity index (χ2v) is 3.84. The number of amides is 1. The molecule has 100 valence electrons. The third-order valence-corrected chi connectivity index (χ3v) is 2.35. The minimum atomic E-state index is -1.66. The zero-order valence-electron chi connectivity index (χ0n) is 9.65. The Balaban J connectivity index is 2.89. The first-order valence-corrected chi connectivity index (χ1v) is 5.18. The number of benzene rings is 1. The van der Waals surface area contributed by atoms with E-state index >= 15 is 0 Å². The van der Waals surface area contributed by atoms with Crippen LogP contribution in [0.3, 0.4) is 0 Å². The van der Waals surface area contributed by atoms with Crippen LogP contribution in [0.25, 0.3) is 0 Å². The molecule has 0 fully saturated rings. The SMILES string of the molecule is CC(=O)NCC(O)C(O)c1c(N)cc(F)cc1F. The minimum absolute atomic E-state index is 0.271. The topological polar surface area (TPSA) is 95.6 Å². The smallest absolute Gasteiger partial charge is 0.216 e. The van der Waals surface area contributed by atoms with Crippen molar-refractivity contribution in [2.24, 2.45) is 0 Å². The first-order valence-electron chi connectivity index (χ1n) is 5.18. The summed E-state index contributed by atoms with van der Waals surface area (Å²) >= 11 is 0. The van der Waals surface area contributed by atoms with Crippen LogP contribution in [0.4, 0.5) is 14.5 Å². The summed E-state index contributed by atoms with van der Waals surface area (Å²) in [6, 6.07) is 1.40. The zero-order chi connectivity index (χ0) is 13.9. The van der Waals surface area contributed by atoms with Crippen molar-refractivity contribution in [1.82, 2.24) is 5.32 Å². The maximum absolute atomic E-state index is 13.4. The highest BCUT2D eigenvalue weighted by molar-refractivity contribution is 5.72. The largest absolute Gasteiger partial charge is 0.398 e. The van der Waals surface area contributed by atoms with Crippen molar-refractivity contribution in [1.29, 1.82) is 0 Å². The van der Waals surface area contributed by atoms with Gasteiger partial charge in [0.15, 0.2) is 0 Å². The van der Waals surface area contributed by atoms with Crippen molar-refractivity contribution >= 4 is 11.6 Å². The summed E-state index contributed by atoms with van der Waals surface area (Å²) in [6.45, 7) is 0.957. The molecule has 0 aliphatic rings. The van der Waals surface area contributed by atoms with E-state index in [2.05, 4.69) is 5.32 Å². The molecular weight excluding hydrogens is 246 g/mol. The average molecular weight is 260 g/mol. The Morgan fingerprint density at radius 1 is 1.44 bits per heavy atom. The Bertz CT molecular complexity index is 431. The Kier molecular flexibility index (Phi) is 4.57. The molecule has 1 aromatic rings. The number of nitrogens with one attached hydrogen (secondary N) is 1. The van der Waals surface area contributed by atoms with E-state index in [-0.39, 0.29) is 12.2 Å². The lowest BCUT2D eigenvalue weighted by Crippen LogP contribution is -2.34. The van der Waals surface area contributed by atoms with Gasteiger partial charge < -0.3 is 21.3 Å². The number of anilines is 1. The Hall–Kier alpha value is -1.73. The molecule has 1 rings (SSSR count). The van der Waals surface area contributed by atoms with Crippen molar-refractivity contribution in [3.63, 3.8) is 0 Å². The van der Waals surface area contributed by atoms with Crippen LogP contribution in [-0.4, -0.2) is 28.8 Å². The molecule has 5 N–H and O–H groups in total. The summed E-state index contributed by atoms with van der Waals surface area (Å²) in [5, 5.41) is 21.5. The molecule has 0 aromatic heterocycles. The first kappa shape index (κ1) is 14.3. The highest BCUT2D eigenvalue weighted by atomic mass is 19.1. The Labute approximate surface area is 102 Å². The van der Waals surface area contributed by atoms with E-state index in [0.29, 0.717) is 6.07 Å². The molecule has 0 aliphatic heterocycles. The van der Waals surface area contributed by atoms with E-state index in [4.69, 9.17) is 5.73 Å². The lowest BCUT2D eigenvalue weighted by atomic mass is 10.0. The summed E-state index contributed by atoms with van der Waals surface area (Å²) in [5.41, 5.74) is 4.68. The van der Waals surface area contributed by atoms with Gasteiger partial charge in [-0.25, -0.2) is 8.78 Å². The quantitative estimate of drug-likeness (QED) is 0.576. The zero-order valence-corrected chi connectivity index (χ0v) is 9.65. The number of carbonyl (C=O) groups is 1. The number of aliphatic hydroxyl groups is 2. The number of nitrogen functional groups attached to an aromatic ring is 1. The van der Waals surface area contributed by atoms with Crippen molar-refractivity contribution < 1.29 is 23.8 Å². The maximum atomic E-state index is 13.4. The maximum Gasteiger partial charge on any atom is 0.216 e. The van der Waals surface area contributed by atoms with Crippen LogP contribution in [0.1, 0.15) is 18.6 Å². The van der Waals surface area contributed by atoms with Gasteiger partial charge in [0.1, 0.15) is 23.8 Å². The average Bonchev–Trinajstić information content (AvgIpc) is 2.24. The van der Waals surface area contributed by atoms with Gasteiger partial charge in [0.25, 0.3) is 0 Å². The molecule has 5 nitrogen and oxygen atoms in total. The van der Waals surface area contributed by atoms with E-state index in [0.717, 1.165) is 6.07 Å². The van der Waals surface area contributed by atoms with Gasteiger partial charge in [0.2, 0.25) is 5.91 Å². The minimum Gasteiger partial charge on any atom is -0.398 e. The molecule has 2 unspecified atom stereocenters. The second kappa shape index (κ2) is 5.74. The van der Waals surface area contributed by atoms with Gasteiger partial charge in [-0.05, 0) is 6.07 Å². The van der Waals surface area contributed by atoms with E-state index in [1.54, 1.807) is 0 Å². The molecule has 1 aromatic carbocycles. The molecule has 0 aliphatic carbocycles. The van der Waals surface area contributed by atoms with Crippen molar-refractivity contribution in [3.05, 3.63) is 29.3 Å². The van der Waals surface area contributed by atoms with Crippen molar-refractivity contribution in [2.45, 2.75) is 19.1 Å². The van der Waals surface area contributed by atoms with Crippen molar-refractivity contribution in [2.75, 3.05) is 12.3 Å². The molecule has 0 radical (unpaired) electrons. The number of nitrogens with two attached hydrogens (primary N) is 1. The van der Waals surface area contributed by atoms with Crippen molar-refractivity contribution in [3.8, 4) is 0 Å². The second-order valence-electron chi connectivity index (χ2n) is 3.84. The lowest BCUT2D eigenvalue weighted by Gasteiger charge is -2.20. The van der Waals surface area contributed by atoms with Gasteiger partial charge in [0, 0.05) is 30.8 Å². The summed E-state index contributed by atoms with van der Waals surface area (Å²) < 4.78 is 26.2. The highest BCUT2D eigenvalue weighted by Gasteiger charge is 2.24. The molecule has 7 heteroatoms. The predicted molar refractivity (Wildman–Crippen MR) is 60.4 cm³/mol.